The quantitative estimate of drug-likeness (QED) is 0.795. The maximum atomic E-state index is 6.13. The second kappa shape index (κ2) is 6.64. The number of benzene rings is 1. The first-order valence-corrected chi connectivity index (χ1v) is 8.90. The smallest absolute Gasteiger partial charge is 0.0347 e. The molecule has 1 aromatic rings. The number of hydrogen-bond acceptors (Lipinski definition) is 2. The van der Waals surface area contributed by atoms with Gasteiger partial charge in [0.1, 0.15) is 0 Å². The van der Waals surface area contributed by atoms with E-state index < -0.39 is 0 Å². The zero-order valence-electron chi connectivity index (χ0n) is 12.6. The molecule has 2 aliphatic rings. The third-order valence-corrected chi connectivity index (χ3v) is 5.54. The molecule has 1 unspecified atom stereocenters. The minimum atomic E-state index is 0.0972. The van der Waals surface area contributed by atoms with Crippen LogP contribution >= 0.6 is 15.9 Å². The average Bonchev–Trinajstić information content (AvgIpc) is 3.01. The molecule has 1 atom stereocenters. The van der Waals surface area contributed by atoms with Gasteiger partial charge in [-0.05, 0) is 74.8 Å². The SMILES string of the molecule is NCC1(NCCC2=CCCC2)CCc2cc(Br)ccc2C1. The van der Waals surface area contributed by atoms with E-state index in [1.807, 2.05) is 0 Å². The summed E-state index contributed by atoms with van der Waals surface area (Å²) in [5.41, 5.74) is 10.8. The fraction of sp³-hybridized carbons (Fsp3) is 0.556. The lowest BCUT2D eigenvalue weighted by molar-refractivity contribution is 0.295. The Morgan fingerprint density at radius 2 is 2.14 bits per heavy atom. The number of rotatable bonds is 5. The van der Waals surface area contributed by atoms with Crippen LogP contribution in [-0.2, 0) is 12.8 Å². The van der Waals surface area contributed by atoms with E-state index in [0.29, 0.717) is 0 Å². The summed E-state index contributed by atoms with van der Waals surface area (Å²) in [5, 5.41) is 3.79. The lowest BCUT2D eigenvalue weighted by Gasteiger charge is -2.38. The van der Waals surface area contributed by atoms with Gasteiger partial charge in [-0.1, -0.05) is 33.6 Å². The molecule has 2 nitrogen and oxygen atoms in total. The molecule has 0 aliphatic heterocycles. The fourth-order valence-electron chi connectivity index (χ4n) is 3.68. The number of allylic oxidation sites excluding steroid dienone is 1. The molecule has 21 heavy (non-hydrogen) atoms. The van der Waals surface area contributed by atoms with Crippen LogP contribution in [0.5, 0.6) is 0 Å². The second-order valence-corrected chi connectivity index (χ2v) is 7.42. The number of aryl methyl sites for hydroxylation is 1. The minimum Gasteiger partial charge on any atom is -0.329 e. The Kier molecular flexibility index (Phi) is 4.82. The highest BCUT2D eigenvalue weighted by Gasteiger charge is 2.32. The third kappa shape index (κ3) is 3.58. The first-order valence-electron chi connectivity index (χ1n) is 8.11. The molecule has 0 spiro atoms. The Hall–Kier alpha value is -0.640. The average molecular weight is 349 g/mol. The Bertz CT molecular complexity index is 538. The molecule has 3 N–H and O–H groups in total. The van der Waals surface area contributed by atoms with Gasteiger partial charge in [0.25, 0.3) is 0 Å². The first-order chi connectivity index (χ1) is 10.2. The van der Waals surface area contributed by atoms with Crippen molar-refractivity contribution in [3.63, 3.8) is 0 Å². The lowest BCUT2D eigenvalue weighted by Crippen LogP contribution is -2.55. The molecule has 0 saturated heterocycles. The van der Waals surface area contributed by atoms with Crippen LogP contribution in [0, 0.1) is 0 Å². The van der Waals surface area contributed by atoms with Crippen LogP contribution in [0.15, 0.2) is 34.3 Å². The van der Waals surface area contributed by atoms with Crippen LogP contribution in [0.2, 0.25) is 0 Å². The summed E-state index contributed by atoms with van der Waals surface area (Å²) in [4.78, 5) is 0. The highest BCUT2D eigenvalue weighted by molar-refractivity contribution is 9.10. The Morgan fingerprint density at radius 3 is 2.90 bits per heavy atom. The van der Waals surface area contributed by atoms with Crippen molar-refractivity contribution in [1.29, 1.82) is 0 Å². The molecule has 0 saturated carbocycles. The number of hydrogen-bond donors (Lipinski definition) is 2. The van der Waals surface area contributed by atoms with Gasteiger partial charge in [0.05, 0.1) is 0 Å². The van der Waals surface area contributed by atoms with Gasteiger partial charge in [-0.25, -0.2) is 0 Å². The fourth-order valence-corrected chi connectivity index (χ4v) is 4.09. The summed E-state index contributed by atoms with van der Waals surface area (Å²) in [6, 6.07) is 6.66. The molecule has 1 aromatic carbocycles. The predicted molar refractivity (Wildman–Crippen MR) is 92.5 cm³/mol. The maximum absolute atomic E-state index is 6.13. The van der Waals surface area contributed by atoms with Gasteiger partial charge in [-0.3, -0.25) is 0 Å². The molecule has 0 amide bonds. The Balaban J connectivity index is 1.63. The van der Waals surface area contributed by atoms with Crippen molar-refractivity contribution in [3.05, 3.63) is 45.4 Å². The van der Waals surface area contributed by atoms with Crippen molar-refractivity contribution in [2.75, 3.05) is 13.1 Å². The van der Waals surface area contributed by atoms with Crippen molar-refractivity contribution in [2.45, 2.75) is 50.5 Å². The molecular formula is C18H25BrN2. The van der Waals surface area contributed by atoms with Gasteiger partial charge in [-0.2, -0.15) is 0 Å². The Labute approximate surface area is 136 Å². The van der Waals surface area contributed by atoms with E-state index in [1.165, 1.54) is 41.3 Å². The molecule has 0 fully saturated rings. The second-order valence-electron chi connectivity index (χ2n) is 6.51. The monoisotopic (exact) mass is 348 g/mol. The van der Waals surface area contributed by atoms with Crippen LogP contribution < -0.4 is 11.1 Å². The van der Waals surface area contributed by atoms with Crippen molar-refractivity contribution < 1.29 is 0 Å². The summed E-state index contributed by atoms with van der Waals surface area (Å²) in [6.07, 6.45) is 10.9. The zero-order chi connectivity index (χ0) is 14.7. The molecule has 2 aliphatic carbocycles. The standard InChI is InChI=1S/C18H25BrN2/c19-17-6-5-16-12-18(13-20,9-7-15(16)11-17)21-10-8-14-3-1-2-4-14/h3,5-6,11,21H,1-2,4,7-10,12-13,20H2. The first kappa shape index (κ1) is 15.3. The zero-order valence-corrected chi connectivity index (χ0v) is 14.2. The number of nitrogens with two attached hydrogens (primary N) is 1. The number of fused-ring (bicyclic) bond motifs is 1. The van der Waals surface area contributed by atoms with Crippen LogP contribution in [0.1, 0.15) is 43.2 Å². The minimum absolute atomic E-state index is 0.0972. The van der Waals surface area contributed by atoms with Gasteiger partial charge in [0.2, 0.25) is 0 Å². The molecule has 0 aromatic heterocycles. The van der Waals surface area contributed by atoms with Crippen molar-refractivity contribution in [2.24, 2.45) is 5.73 Å². The van der Waals surface area contributed by atoms with E-state index >= 15 is 0 Å². The van der Waals surface area contributed by atoms with E-state index in [1.54, 1.807) is 5.57 Å². The molecule has 0 bridgehead atoms. The van der Waals surface area contributed by atoms with E-state index in [9.17, 15) is 0 Å². The number of nitrogens with one attached hydrogen (secondary N) is 1. The summed E-state index contributed by atoms with van der Waals surface area (Å²) < 4.78 is 1.18. The summed E-state index contributed by atoms with van der Waals surface area (Å²) in [7, 11) is 0. The van der Waals surface area contributed by atoms with Gasteiger partial charge in [-0.15, -0.1) is 0 Å². The normalized spacial score (nSPS) is 24.8. The predicted octanol–water partition coefficient (Wildman–Crippen LogP) is 3.73. The molecular weight excluding hydrogens is 324 g/mol. The van der Waals surface area contributed by atoms with Crippen LogP contribution in [0.4, 0.5) is 0 Å². The highest BCUT2D eigenvalue weighted by Crippen LogP contribution is 2.30. The molecule has 3 rings (SSSR count). The van der Waals surface area contributed by atoms with Gasteiger partial charge >= 0.3 is 0 Å². The van der Waals surface area contributed by atoms with E-state index in [0.717, 1.165) is 32.4 Å². The molecule has 114 valence electrons. The molecule has 0 heterocycles. The lowest BCUT2D eigenvalue weighted by atomic mass is 9.78. The third-order valence-electron chi connectivity index (χ3n) is 5.04. The van der Waals surface area contributed by atoms with Gasteiger partial charge in [0, 0.05) is 16.6 Å². The van der Waals surface area contributed by atoms with Crippen molar-refractivity contribution in [1.82, 2.24) is 5.32 Å². The topological polar surface area (TPSA) is 38.0 Å². The van der Waals surface area contributed by atoms with Crippen LogP contribution in [-0.4, -0.2) is 18.6 Å². The molecule has 0 radical (unpaired) electrons. The van der Waals surface area contributed by atoms with Gasteiger partial charge in [0.15, 0.2) is 0 Å². The van der Waals surface area contributed by atoms with Gasteiger partial charge < -0.3 is 11.1 Å². The highest BCUT2D eigenvalue weighted by atomic mass is 79.9. The van der Waals surface area contributed by atoms with Crippen LogP contribution in [0.25, 0.3) is 0 Å². The van der Waals surface area contributed by atoms with Crippen molar-refractivity contribution in [3.8, 4) is 0 Å². The maximum Gasteiger partial charge on any atom is 0.0347 e. The molecule has 3 heteroatoms. The summed E-state index contributed by atoms with van der Waals surface area (Å²) in [5.74, 6) is 0. The van der Waals surface area contributed by atoms with Crippen molar-refractivity contribution >= 4 is 15.9 Å². The largest absolute Gasteiger partial charge is 0.329 e. The van der Waals surface area contributed by atoms with E-state index in [-0.39, 0.29) is 5.54 Å². The summed E-state index contributed by atoms with van der Waals surface area (Å²) in [6.45, 7) is 1.79. The number of halogens is 1. The Morgan fingerprint density at radius 1 is 1.24 bits per heavy atom. The van der Waals surface area contributed by atoms with Crippen LogP contribution in [0.3, 0.4) is 0 Å². The summed E-state index contributed by atoms with van der Waals surface area (Å²) >= 11 is 3.57. The van der Waals surface area contributed by atoms with E-state index in [2.05, 4.69) is 45.5 Å². The van der Waals surface area contributed by atoms with E-state index in [4.69, 9.17) is 5.73 Å².